The first-order valence-corrected chi connectivity index (χ1v) is 5.97. The van der Waals surface area contributed by atoms with Crippen molar-refractivity contribution in [3.63, 3.8) is 0 Å². The second-order valence-electron chi connectivity index (χ2n) is 3.05. The van der Waals surface area contributed by atoms with Crippen LogP contribution in [0.25, 0.3) is 0 Å². The molecule has 0 saturated heterocycles. The van der Waals surface area contributed by atoms with Crippen LogP contribution in [0.1, 0.15) is 5.82 Å². The Morgan fingerprint density at radius 2 is 2.25 bits per heavy atom. The highest BCUT2D eigenvalue weighted by atomic mass is 79.9. The molecule has 0 aliphatic heterocycles. The SMILES string of the molecule is Cc1nc(Br)cc(Sc2n[nH]c(=O)n2C)n1. The van der Waals surface area contributed by atoms with E-state index in [0.717, 1.165) is 5.03 Å². The lowest BCUT2D eigenvalue weighted by atomic mass is 10.6. The molecule has 0 fully saturated rings. The molecule has 0 atom stereocenters. The predicted octanol–water partition coefficient (Wildman–Crippen LogP) is 1.12. The molecular formula is C8H8BrN5OS. The molecule has 2 aromatic rings. The van der Waals surface area contributed by atoms with Crippen LogP contribution in [0.2, 0.25) is 0 Å². The first-order chi connectivity index (χ1) is 7.56. The van der Waals surface area contributed by atoms with E-state index in [1.807, 2.05) is 0 Å². The molecule has 0 spiro atoms. The van der Waals surface area contributed by atoms with Crippen molar-refractivity contribution in [3.8, 4) is 0 Å². The van der Waals surface area contributed by atoms with E-state index in [4.69, 9.17) is 0 Å². The van der Waals surface area contributed by atoms with Gasteiger partial charge in [0, 0.05) is 13.1 Å². The molecule has 8 heteroatoms. The number of nitrogens with one attached hydrogen (secondary N) is 1. The molecule has 0 amide bonds. The van der Waals surface area contributed by atoms with Crippen LogP contribution in [0.15, 0.2) is 25.6 Å². The Labute approximate surface area is 104 Å². The molecule has 2 heterocycles. The van der Waals surface area contributed by atoms with Gasteiger partial charge in [-0.3, -0.25) is 4.57 Å². The lowest BCUT2D eigenvalue weighted by Gasteiger charge is -2.00. The van der Waals surface area contributed by atoms with Gasteiger partial charge in [0.25, 0.3) is 0 Å². The van der Waals surface area contributed by atoms with E-state index in [1.165, 1.54) is 16.3 Å². The molecule has 0 aromatic carbocycles. The second-order valence-corrected chi connectivity index (χ2v) is 4.85. The molecule has 1 N–H and O–H groups in total. The minimum absolute atomic E-state index is 0.243. The van der Waals surface area contributed by atoms with Crippen molar-refractivity contribution in [3.05, 3.63) is 27.0 Å². The molecule has 16 heavy (non-hydrogen) atoms. The van der Waals surface area contributed by atoms with Gasteiger partial charge >= 0.3 is 5.69 Å². The van der Waals surface area contributed by atoms with Crippen molar-refractivity contribution in [2.45, 2.75) is 17.1 Å². The van der Waals surface area contributed by atoms with Crippen LogP contribution < -0.4 is 5.69 Å². The fourth-order valence-electron chi connectivity index (χ4n) is 1.08. The maximum absolute atomic E-state index is 11.2. The zero-order valence-corrected chi connectivity index (χ0v) is 11.0. The molecule has 2 aromatic heterocycles. The largest absolute Gasteiger partial charge is 0.343 e. The summed E-state index contributed by atoms with van der Waals surface area (Å²) in [5.74, 6) is 0.664. The van der Waals surface area contributed by atoms with E-state index in [9.17, 15) is 4.79 Å². The highest BCUT2D eigenvalue weighted by Crippen LogP contribution is 2.24. The van der Waals surface area contributed by atoms with Gasteiger partial charge in [-0.05, 0) is 34.6 Å². The van der Waals surface area contributed by atoms with Gasteiger partial charge < -0.3 is 0 Å². The summed E-state index contributed by atoms with van der Waals surface area (Å²) in [7, 11) is 1.65. The number of aromatic nitrogens is 5. The summed E-state index contributed by atoms with van der Waals surface area (Å²) in [6.45, 7) is 1.80. The lowest BCUT2D eigenvalue weighted by molar-refractivity contribution is 0.764. The summed E-state index contributed by atoms with van der Waals surface area (Å²) in [4.78, 5) is 19.5. The van der Waals surface area contributed by atoms with Crippen LogP contribution >= 0.6 is 27.7 Å². The highest BCUT2D eigenvalue weighted by Gasteiger charge is 2.08. The van der Waals surface area contributed by atoms with Gasteiger partial charge in [-0.2, -0.15) is 0 Å². The molecule has 2 rings (SSSR count). The predicted molar refractivity (Wildman–Crippen MR) is 62.4 cm³/mol. The van der Waals surface area contributed by atoms with E-state index in [-0.39, 0.29) is 5.69 Å². The number of hydrogen-bond acceptors (Lipinski definition) is 5. The monoisotopic (exact) mass is 301 g/mol. The minimum Gasteiger partial charge on any atom is -0.273 e. The Hall–Kier alpha value is -1.15. The standard InChI is InChI=1S/C8H8BrN5OS/c1-4-10-5(9)3-6(11-4)16-8-13-12-7(15)14(8)2/h3H,1-2H3,(H,12,15). The summed E-state index contributed by atoms with van der Waals surface area (Å²) < 4.78 is 2.14. The second kappa shape index (κ2) is 4.38. The summed E-state index contributed by atoms with van der Waals surface area (Å²) in [5, 5.41) is 7.55. The Morgan fingerprint density at radius 3 is 2.81 bits per heavy atom. The molecule has 0 bridgehead atoms. The maximum Gasteiger partial charge on any atom is 0.343 e. The Balaban J connectivity index is 2.34. The number of hydrogen-bond donors (Lipinski definition) is 1. The summed E-state index contributed by atoms with van der Waals surface area (Å²) in [6, 6.07) is 1.77. The van der Waals surface area contributed by atoms with Crippen LogP contribution in [0.5, 0.6) is 0 Å². The van der Waals surface area contributed by atoms with Crippen molar-refractivity contribution in [1.82, 2.24) is 24.7 Å². The van der Waals surface area contributed by atoms with Gasteiger partial charge in [0.05, 0.1) is 0 Å². The fourth-order valence-corrected chi connectivity index (χ4v) is 2.55. The van der Waals surface area contributed by atoms with Gasteiger partial charge in [0.2, 0.25) is 0 Å². The van der Waals surface area contributed by atoms with E-state index >= 15 is 0 Å². The first-order valence-electron chi connectivity index (χ1n) is 4.36. The summed E-state index contributed by atoms with van der Waals surface area (Å²) in [5.41, 5.74) is -0.243. The van der Waals surface area contributed by atoms with Crippen LogP contribution in [-0.4, -0.2) is 24.7 Å². The third-order valence-corrected chi connectivity index (χ3v) is 3.19. The first kappa shape index (κ1) is 11.3. The van der Waals surface area contributed by atoms with Gasteiger partial charge in [0.15, 0.2) is 5.16 Å². The zero-order chi connectivity index (χ0) is 11.7. The number of H-pyrrole nitrogens is 1. The molecular weight excluding hydrogens is 294 g/mol. The van der Waals surface area contributed by atoms with Crippen molar-refractivity contribution in [2.75, 3.05) is 0 Å². The average molecular weight is 302 g/mol. The number of aromatic amines is 1. The smallest absolute Gasteiger partial charge is 0.273 e. The topological polar surface area (TPSA) is 76.5 Å². The quantitative estimate of drug-likeness (QED) is 0.841. The van der Waals surface area contributed by atoms with E-state index in [0.29, 0.717) is 15.6 Å². The van der Waals surface area contributed by atoms with Crippen molar-refractivity contribution in [2.24, 2.45) is 7.05 Å². The van der Waals surface area contributed by atoms with Crippen LogP contribution in [0.3, 0.4) is 0 Å². The van der Waals surface area contributed by atoms with Crippen molar-refractivity contribution < 1.29 is 0 Å². The Bertz CT molecular complexity index is 558. The number of halogens is 1. The number of rotatable bonds is 2. The molecule has 0 aliphatic carbocycles. The van der Waals surface area contributed by atoms with Crippen LogP contribution in [-0.2, 0) is 7.05 Å². The van der Waals surface area contributed by atoms with Crippen LogP contribution in [0, 0.1) is 6.92 Å². The van der Waals surface area contributed by atoms with Gasteiger partial charge in [-0.15, -0.1) is 5.10 Å². The normalized spacial score (nSPS) is 10.7. The molecule has 0 radical (unpaired) electrons. The third kappa shape index (κ3) is 2.33. The van der Waals surface area contributed by atoms with E-state index in [1.54, 1.807) is 20.0 Å². The van der Waals surface area contributed by atoms with E-state index < -0.39 is 0 Å². The summed E-state index contributed by atoms with van der Waals surface area (Å²) >= 11 is 4.59. The molecule has 6 nitrogen and oxygen atoms in total. The number of nitrogens with zero attached hydrogens (tertiary/aromatic N) is 4. The Kier molecular flexibility index (Phi) is 3.10. The van der Waals surface area contributed by atoms with Crippen molar-refractivity contribution in [1.29, 1.82) is 0 Å². The molecule has 0 unspecified atom stereocenters. The van der Waals surface area contributed by atoms with E-state index in [2.05, 4.69) is 36.1 Å². The maximum atomic E-state index is 11.2. The fraction of sp³-hybridized carbons (Fsp3) is 0.250. The summed E-state index contributed by atoms with van der Waals surface area (Å²) in [6.07, 6.45) is 0. The number of aryl methyl sites for hydroxylation is 1. The lowest BCUT2D eigenvalue weighted by Crippen LogP contribution is -2.12. The average Bonchev–Trinajstić information content (AvgIpc) is 2.48. The highest BCUT2D eigenvalue weighted by molar-refractivity contribution is 9.10. The van der Waals surface area contributed by atoms with Gasteiger partial charge in [-0.1, -0.05) is 0 Å². The van der Waals surface area contributed by atoms with Gasteiger partial charge in [0.1, 0.15) is 15.5 Å². The zero-order valence-electron chi connectivity index (χ0n) is 8.56. The molecule has 0 saturated carbocycles. The molecule has 84 valence electrons. The van der Waals surface area contributed by atoms with Gasteiger partial charge in [-0.25, -0.2) is 19.9 Å². The Morgan fingerprint density at radius 1 is 1.50 bits per heavy atom. The third-order valence-electron chi connectivity index (χ3n) is 1.82. The van der Waals surface area contributed by atoms with Crippen LogP contribution in [0.4, 0.5) is 0 Å². The minimum atomic E-state index is -0.243. The molecule has 0 aliphatic rings. The van der Waals surface area contributed by atoms with Crippen molar-refractivity contribution >= 4 is 27.7 Å².